The number of nitro benzene ring substituents is 1. The minimum atomic E-state index is -1.07. The van der Waals surface area contributed by atoms with Crippen LogP contribution in [0.25, 0.3) is 5.76 Å². The van der Waals surface area contributed by atoms with Crippen LogP contribution in [0.15, 0.2) is 78.4 Å². The molecule has 1 fully saturated rings. The second kappa shape index (κ2) is 8.24. The lowest BCUT2D eigenvalue weighted by Crippen LogP contribution is -2.29. The van der Waals surface area contributed by atoms with E-state index in [9.17, 15) is 29.2 Å². The molecule has 0 aliphatic carbocycles. The number of nitrogens with zero attached hydrogens (tertiary/aromatic N) is 2. The highest BCUT2D eigenvalue weighted by molar-refractivity contribution is 6.51. The van der Waals surface area contributed by atoms with Crippen LogP contribution in [0.5, 0.6) is 0 Å². The number of rotatable bonds is 4. The fourth-order valence-electron chi connectivity index (χ4n) is 3.58. The topological polar surface area (TPSA) is 101 Å². The summed E-state index contributed by atoms with van der Waals surface area (Å²) in [7, 11) is 0. The highest BCUT2D eigenvalue weighted by Gasteiger charge is 2.47. The van der Waals surface area contributed by atoms with E-state index in [1.807, 2.05) is 0 Å². The van der Waals surface area contributed by atoms with Crippen LogP contribution < -0.4 is 4.90 Å². The zero-order chi connectivity index (χ0) is 23.0. The van der Waals surface area contributed by atoms with Gasteiger partial charge in [-0.25, -0.2) is 4.39 Å². The van der Waals surface area contributed by atoms with E-state index in [-0.39, 0.29) is 22.5 Å². The number of nitro groups is 1. The molecule has 0 saturated carbocycles. The van der Waals surface area contributed by atoms with Crippen molar-refractivity contribution in [1.82, 2.24) is 0 Å². The molecule has 1 atom stereocenters. The third-order valence-corrected chi connectivity index (χ3v) is 5.32. The standard InChI is InChI=1S/C23H14ClFN2O5/c24-15-8-4-13(5-9-15)20-19(21(28)14-6-10-17(11-7-14)27(31)32)22(29)23(30)26(20)18-3-1-2-16(25)12-18/h1-12,20,28H/b21-19+. The molecule has 0 spiro atoms. The molecule has 3 aromatic rings. The van der Waals surface area contributed by atoms with Gasteiger partial charge in [0.05, 0.1) is 16.5 Å². The molecule has 1 saturated heterocycles. The number of ketones is 1. The first-order chi connectivity index (χ1) is 15.3. The minimum Gasteiger partial charge on any atom is -0.507 e. The number of amides is 1. The van der Waals surface area contributed by atoms with Gasteiger partial charge in [0.2, 0.25) is 0 Å². The van der Waals surface area contributed by atoms with Crippen molar-refractivity contribution in [3.05, 3.63) is 110 Å². The van der Waals surface area contributed by atoms with Gasteiger partial charge >= 0.3 is 0 Å². The SMILES string of the molecule is O=C1C(=O)N(c2cccc(F)c2)C(c2ccc(Cl)cc2)/C1=C(\O)c1ccc([N+](=O)[O-])cc1. The Balaban J connectivity index is 1.92. The summed E-state index contributed by atoms with van der Waals surface area (Å²) in [5, 5.41) is 22.3. The molecule has 0 radical (unpaired) electrons. The second-order valence-corrected chi connectivity index (χ2v) is 7.44. The minimum absolute atomic E-state index is 0.117. The number of benzene rings is 3. The van der Waals surface area contributed by atoms with Gasteiger partial charge in [0.15, 0.2) is 0 Å². The van der Waals surface area contributed by atoms with E-state index in [1.165, 1.54) is 42.5 Å². The number of Topliss-reactive ketones (excluding diaryl/α,β-unsaturated/α-hetero) is 1. The van der Waals surface area contributed by atoms with Crippen LogP contribution in [0.1, 0.15) is 17.2 Å². The Morgan fingerprint density at radius 1 is 1.03 bits per heavy atom. The largest absolute Gasteiger partial charge is 0.507 e. The maximum atomic E-state index is 13.9. The van der Waals surface area contributed by atoms with E-state index in [2.05, 4.69) is 0 Å². The molecule has 1 N–H and O–H groups in total. The van der Waals surface area contributed by atoms with Gasteiger partial charge in [0.1, 0.15) is 11.6 Å². The van der Waals surface area contributed by atoms with Gasteiger partial charge in [0.25, 0.3) is 17.4 Å². The molecule has 3 aromatic carbocycles. The van der Waals surface area contributed by atoms with Crippen LogP contribution in [0, 0.1) is 15.9 Å². The number of carbonyl (C=O) groups is 2. The zero-order valence-electron chi connectivity index (χ0n) is 16.2. The number of non-ortho nitro benzene ring substituents is 1. The maximum absolute atomic E-state index is 13.9. The molecule has 1 heterocycles. The number of halogens is 2. The highest BCUT2D eigenvalue weighted by atomic mass is 35.5. The maximum Gasteiger partial charge on any atom is 0.300 e. The van der Waals surface area contributed by atoms with Gasteiger partial charge in [-0.05, 0) is 48.0 Å². The van der Waals surface area contributed by atoms with Gasteiger partial charge in [-0.2, -0.15) is 0 Å². The molecule has 1 unspecified atom stereocenters. The first-order valence-corrected chi connectivity index (χ1v) is 9.72. The van der Waals surface area contributed by atoms with Crippen LogP contribution in [-0.2, 0) is 9.59 Å². The summed E-state index contributed by atoms with van der Waals surface area (Å²) in [5.41, 5.74) is 0.286. The predicted molar refractivity (Wildman–Crippen MR) is 116 cm³/mol. The lowest BCUT2D eigenvalue weighted by Gasteiger charge is -2.25. The highest BCUT2D eigenvalue weighted by Crippen LogP contribution is 2.42. The Morgan fingerprint density at radius 3 is 2.28 bits per heavy atom. The van der Waals surface area contributed by atoms with Crippen LogP contribution in [0.2, 0.25) is 5.02 Å². The number of hydrogen-bond donors (Lipinski definition) is 1. The summed E-state index contributed by atoms with van der Waals surface area (Å²) in [4.78, 5) is 37.3. The molecule has 0 aromatic heterocycles. The van der Waals surface area contributed by atoms with Crippen molar-refractivity contribution in [2.24, 2.45) is 0 Å². The molecular formula is C23H14ClFN2O5. The van der Waals surface area contributed by atoms with Crippen molar-refractivity contribution in [1.29, 1.82) is 0 Å². The van der Waals surface area contributed by atoms with Crippen LogP contribution in [0.4, 0.5) is 15.8 Å². The first kappa shape index (κ1) is 21.2. The number of anilines is 1. The molecule has 32 heavy (non-hydrogen) atoms. The van der Waals surface area contributed by atoms with Crippen LogP contribution in [-0.4, -0.2) is 21.7 Å². The van der Waals surface area contributed by atoms with E-state index in [0.717, 1.165) is 11.0 Å². The summed E-state index contributed by atoms with van der Waals surface area (Å²) < 4.78 is 13.9. The number of carbonyl (C=O) groups excluding carboxylic acids is 2. The Labute approximate surface area is 186 Å². The summed E-state index contributed by atoms with van der Waals surface area (Å²) in [6.45, 7) is 0. The number of hydrogen-bond acceptors (Lipinski definition) is 5. The monoisotopic (exact) mass is 452 g/mol. The predicted octanol–water partition coefficient (Wildman–Crippen LogP) is 5.01. The summed E-state index contributed by atoms with van der Waals surface area (Å²) in [6, 6.07) is 15.3. The molecule has 1 aliphatic rings. The molecule has 160 valence electrons. The number of aliphatic hydroxyl groups is 1. The van der Waals surface area contributed by atoms with E-state index >= 15 is 0 Å². The van der Waals surface area contributed by atoms with Gasteiger partial charge in [-0.1, -0.05) is 29.8 Å². The molecule has 0 bridgehead atoms. The van der Waals surface area contributed by atoms with Gasteiger partial charge in [-0.15, -0.1) is 0 Å². The fourth-order valence-corrected chi connectivity index (χ4v) is 3.71. The summed E-state index contributed by atoms with van der Waals surface area (Å²) in [6.07, 6.45) is 0. The summed E-state index contributed by atoms with van der Waals surface area (Å²) >= 11 is 5.97. The quantitative estimate of drug-likeness (QED) is 0.197. The molecular weight excluding hydrogens is 439 g/mol. The van der Waals surface area contributed by atoms with E-state index in [0.29, 0.717) is 10.6 Å². The van der Waals surface area contributed by atoms with Gasteiger partial charge in [-0.3, -0.25) is 24.6 Å². The van der Waals surface area contributed by atoms with E-state index in [4.69, 9.17) is 11.6 Å². The zero-order valence-corrected chi connectivity index (χ0v) is 17.0. The lowest BCUT2D eigenvalue weighted by atomic mass is 9.95. The van der Waals surface area contributed by atoms with Crippen molar-refractivity contribution in [3.8, 4) is 0 Å². The second-order valence-electron chi connectivity index (χ2n) is 7.00. The van der Waals surface area contributed by atoms with Gasteiger partial charge in [0, 0.05) is 28.4 Å². The smallest absolute Gasteiger partial charge is 0.300 e. The third kappa shape index (κ3) is 3.72. The molecule has 7 nitrogen and oxygen atoms in total. The first-order valence-electron chi connectivity index (χ1n) is 9.35. The van der Waals surface area contributed by atoms with Crippen molar-refractivity contribution >= 4 is 40.4 Å². The Bertz CT molecular complexity index is 1270. The average Bonchev–Trinajstić information content (AvgIpc) is 3.04. The average molecular weight is 453 g/mol. The lowest BCUT2D eigenvalue weighted by molar-refractivity contribution is -0.384. The van der Waals surface area contributed by atoms with E-state index < -0.39 is 34.2 Å². The Hall–Kier alpha value is -4.04. The van der Waals surface area contributed by atoms with Crippen molar-refractivity contribution in [3.63, 3.8) is 0 Å². The summed E-state index contributed by atoms with van der Waals surface area (Å²) in [5.74, 6) is -3.02. The van der Waals surface area contributed by atoms with Crippen LogP contribution >= 0.6 is 11.6 Å². The van der Waals surface area contributed by atoms with E-state index in [1.54, 1.807) is 24.3 Å². The normalized spacial score (nSPS) is 17.6. The third-order valence-electron chi connectivity index (χ3n) is 5.07. The molecule has 1 amide bonds. The van der Waals surface area contributed by atoms with Crippen molar-refractivity contribution < 1.29 is 24.0 Å². The Morgan fingerprint density at radius 2 is 1.69 bits per heavy atom. The molecule has 4 rings (SSSR count). The molecule has 9 heteroatoms. The molecule has 1 aliphatic heterocycles. The fraction of sp³-hybridized carbons (Fsp3) is 0.0435. The van der Waals surface area contributed by atoms with Gasteiger partial charge < -0.3 is 5.11 Å². The number of aliphatic hydroxyl groups excluding tert-OH is 1. The van der Waals surface area contributed by atoms with Crippen molar-refractivity contribution in [2.45, 2.75) is 6.04 Å². The van der Waals surface area contributed by atoms with Crippen LogP contribution in [0.3, 0.4) is 0 Å². The Kier molecular flexibility index (Phi) is 5.46. The van der Waals surface area contributed by atoms with Crippen molar-refractivity contribution in [2.75, 3.05) is 4.90 Å².